The highest BCUT2D eigenvalue weighted by atomic mass is 35.5. The number of hydrogen-bond donors (Lipinski definition) is 1. The molecule has 2 aromatic rings. The second kappa shape index (κ2) is 4.82. The maximum absolute atomic E-state index is 11.0. The van der Waals surface area contributed by atoms with E-state index in [9.17, 15) is 4.79 Å². The first kappa shape index (κ1) is 12.6. The number of benzene rings is 1. The van der Waals surface area contributed by atoms with Gasteiger partial charge in [0.25, 0.3) is 0 Å². The van der Waals surface area contributed by atoms with Gasteiger partial charge in [-0.15, -0.1) is 0 Å². The lowest BCUT2D eigenvalue weighted by Gasteiger charge is -2.03. The SMILES string of the molecule is CCc1ccc(-c2nc(C(=O)O)c(Cl)n2C)cc1. The number of imidazole rings is 1. The highest BCUT2D eigenvalue weighted by Gasteiger charge is 2.19. The van der Waals surface area contributed by atoms with Crippen LogP contribution in [-0.4, -0.2) is 20.6 Å². The van der Waals surface area contributed by atoms with E-state index in [4.69, 9.17) is 16.7 Å². The van der Waals surface area contributed by atoms with Crippen LogP contribution in [0.2, 0.25) is 5.15 Å². The van der Waals surface area contributed by atoms with Crippen LogP contribution in [0.1, 0.15) is 23.0 Å². The van der Waals surface area contributed by atoms with Crippen molar-refractivity contribution in [3.63, 3.8) is 0 Å². The van der Waals surface area contributed by atoms with Gasteiger partial charge in [0, 0.05) is 12.6 Å². The summed E-state index contributed by atoms with van der Waals surface area (Å²) in [6.07, 6.45) is 0.960. The van der Waals surface area contributed by atoms with Gasteiger partial charge in [0.2, 0.25) is 0 Å². The standard InChI is InChI=1S/C13H13ClN2O2/c1-3-8-4-6-9(7-5-8)12-15-10(13(17)18)11(14)16(12)2/h4-7H,3H2,1-2H3,(H,17,18). The Labute approximate surface area is 110 Å². The second-order valence-corrected chi connectivity index (χ2v) is 4.35. The molecule has 0 amide bonds. The molecule has 0 aliphatic carbocycles. The van der Waals surface area contributed by atoms with Crippen LogP contribution in [0.25, 0.3) is 11.4 Å². The summed E-state index contributed by atoms with van der Waals surface area (Å²) in [5.41, 5.74) is 1.95. The van der Waals surface area contributed by atoms with E-state index in [0.717, 1.165) is 12.0 Å². The average Bonchev–Trinajstić information content (AvgIpc) is 2.67. The molecule has 0 bridgehead atoms. The van der Waals surface area contributed by atoms with Crippen molar-refractivity contribution in [2.24, 2.45) is 7.05 Å². The van der Waals surface area contributed by atoms with Crippen LogP contribution in [0.5, 0.6) is 0 Å². The molecule has 1 heterocycles. The third kappa shape index (κ3) is 2.11. The summed E-state index contributed by atoms with van der Waals surface area (Å²) < 4.78 is 1.58. The molecule has 0 fully saturated rings. The van der Waals surface area contributed by atoms with E-state index >= 15 is 0 Å². The van der Waals surface area contributed by atoms with E-state index in [2.05, 4.69) is 11.9 Å². The lowest BCUT2D eigenvalue weighted by molar-refractivity contribution is 0.0691. The van der Waals surface area contributed by atoms with Gasteiger partial charge >= 0.3 is 5.97 Å². The molecule has 1 N–H and O–H groups in total. The number of carboxylic acid groups (broad SMARTS) is 1. The Bertz CT molecular complexity index is 588. The predicted octanol–water partition coefficient (Wildman–Crippen LogP) is 3.00. The molecule has 4 nitrogen and oxygen atoms in total. The Hall–Kier alpha value is -1.81. The number of aryl methyl sites for hydroxylation is 1. The zero-order valence-electron chi connectivity index (χ0n) is 10.1. The third-order valence-electron chi connectivity index (χ3n) is 2.85. The molecule has 0 aliphatic rings. The summed E-state index contributed by atoms with van der Waals surface area (Å²) in [7, 11) is 1.70. The quantitative estimate of drug-likeness (QED) is 0.927. The molecule has 18 heavy (non-hydrogen) atoms. The normalized spacial score (nSPS) is 10.6. The molecule has 0 spiro atoms. The Morgan fingerprint density at radius 3 is 2.44 bits per heavy atom. The van der Waals surface area contributed by atoms with Crippen LogP contribution in [0.15, 0.2) is 24.3 Å². The Balaban J connectivity index is 2.50. The maximum Gasteiger partial charge on any atom is 0.357 e. The van der Waals surface area contributed by atoms with Crippen molar-refractivity contribution in [2.75, 3.05) is 0 Å². The number of aromatic carboxylic acids is 1. The highest BCUT2D eigenvalue weighted by molar-refractivity contribution is 6.32. The molecule has 2 rings (SSSR count). The molecular formula is C13H13ClN2O2. The molecular weight excluding hydrogens is 252 g/mol. The number of carboxylic acids is 1. The van der Waals surface area contributed by atoms with Crippen LogP contribution in [0.3, 0.4) is 0 Å². The number of halogens is 1. The van der Waals surface area contributed by atoms with Crippen molar-refractivity contribution in [1.29, 1.82) is 0 Å². The van der Waals surface area contributed by atoms with Crippen molar-refractivity contribution in [3.05, 3.63) is 40.7 Å². The number of carbonyl (C=O) groups is 1. The lowest BCUT2D eigenvalue weighted by atomic mass is 10.1. The van der Waals surface area contributed by atoms with Crippen molar-refractivity contribution < 1.29 is 9.90 Å². The fourth-order valence-electron chi connectivity index (χ4n) is 1.76. The second-order valence-electron chi connectivity index (χ2n) is 3.99. The molecule has 94 valence electrons. The minimum absolute atomic E-state index is 0.117. The third-order valence-corrected chi connectivity index (χ3v) is 3.28. The van der Waals surface area contributed by atoms with Crippen LogP contribution >= 0.6 is 11.6 Å². The van der Waals surface area contributed by atoms with Gasteiger partial charge in [0.1, 0.15) is 11.0 Å². The summed E-state index contributed by atoms with van der Waals surface area (Å²) in [5.74, 6) is -0.563. The van der Waals surface area contributed by atoms with Crippen molar-refractivity contribution >= 4 is 17.6 Å². The molecule has 1 aromatic heterocycles. The molecule has 0 atom stereocenters. The fourth-order valence-corrected chi connectivity index (χ4v) is 1.97. The van der Waals surface area contributed by atoms with Gasteiger partial charge in [-0.1, -0.05) is 42.8 Å². The highest BCUT2D eigenvalue weighted by Crippen LogP contribution is 2.25. The van der Waals surface area contributed by atoms with Gasteiger partial charge in [-0.2, -0.15) is 0 Å². The smallest absolute Gasteiger partial charge is 0.357 e. The first-order valence-corrected chi connectivity index (χ1v) is 5.97. The summed E-state index contributed by atoms with van der Waals surface area (Å²) in [6, 6.07) is 7.84. The number of rotatable bonds is 3. The summed E-state index contributed by atoms with van der Waals surface area (Å²) in [4.78, 5) is 15.0. The van der Waals surface area contributed by atoms with Gasteiger partial charge < -0.3 is 9.67 Å². The number of hydrogen-bond acceptors (Lipinski definition) is 2. The van der Waals surface area contributed by atoms with Crippen LogP contribution < -0.4 is 0 Å². The summed E-state index contributed by atoms with van der Waals surface area (Å²) >= 11 is 5.94. The minimum atomic E-state index is -1.12. The number of nitrogens with zero attached hydrogens (tertiary/aromatic N) is 2. The van der Waals surface area contributed by atoms with E-state index in [1.807, 2.05) is 24.3 Å². The lowest BCUT2D eigenvalue weighted by Crippen LogP contribution is -1.97. The van der Waals surface area contributed by atoms with Gasteiger partial charge in [-0.05, 0) is 12.0 Å². The molecule has 0 unspecified atom stereocenters. The van der Waals surface area contributed by atoms with E-state index in [-0.39, 0.29) is 10.8 Å². The van der Waals surface area contributed by atoms with Crippen LogP contribution in [0, 0.1) is 0 Å². The molecule has 0 radical (unpaired) electrons. The summed E-state index contributed by atoms with van der Waals surface area (Å²) in [6.45, 7) is 2.08. The van der Waals surface area contributed by atoms with Crippen molar-refractivity contribution in [2.45, 2.75) is 13.3 Å². The van der Waals surface area contributed by atoms with Gasteiger partial charge in [-0.3, -0.25) is 0 Å². The number of aromatic nitrogens is 2. The van der Waals surface area contributed by atoms with E-state index < -0.39 is 5.97 Å². The van der Waals surface area contributed by atoms with Gasteiger partial charge in [-0.25, -0.2) is 9.78 Å². The Morgan fingerprint density at radius 2 is 2.00 bits per heavy atom. The van der Waals surface area contributed by atoms with E-state index in [1.165, 1.54) is 5.56 Å². The first-order valence-electron chi connectivity index (χ1n) is 5.59. The van der Waals surface area contributed by atoms with Crippen molar-refractivity contribution in [1.82, 2.24) is 9.55 Å². The molecule has 0 aliphatic heterocycles. The fraction of sp³-hybridized carbons (Fsp3) is 0.231. The largest absolute Gasteiger partial charge is 0.476 e. The average molecular weight is 265 g/mol. The maximum atomic E-state index is 11.0. The molecule has 1 aromatic carbocycles. The predicted molar refractivity (Wildman–Crippen MR) is 70.0 cm³/mol. The van der Waals surface area contributed by atoms with E-state index in [0.29, 0.717) is 5.82 Å². The molecule has 0 saturated heterocycles. The monoisotopic (exact) mass is 264 g/mol. The topological polar surface area (TPSA) is 55.1 Å². The first-order chi connectivity index (χ1) is 8.54. The van der Waals surface area contributed by atoms with Gasteiger partial charge in [0.05, 0.1) is 0 Å². The Kier molecular flexibility index (Phi) is 3.39. The minimum Gasteiger partial charge on any atom is -0.476 e. The van der Waals surface area contributed by atoms with Gasteiger partial charge in [0.15, 0.2) is 5.69 Å². The van der Waals surface area contributed by atoms with Crippen LogP contribution in [0.4, 0.5) is 0 Å². The zero-order valence-corrected chi connectivity index (χ0v) is 10.9. The Morgan fingerprint density at radius 1 is 1.39 bits per heavy atom. The van der Waals surface area contributed by atoms with Crippen LogP contribution in [-0.2, 0) is 13.5 Å². The zero-order chi connectivity index (χ0) is 13.3. The van der Waals surface area contributed by atoms with Crippen molar-refractivity contribution in [3.8, 4) is 11.4 Å². The van der Waals surface area contributed by atoms with E-state index in [1.54, 1.807) is 11.6 Å². The summed E-state index contributed by atoms with van der Waals surface area (Å²) in [5, 5.41) is 9.11. The molecule has 0 saturated carbocycles. The molecule has 5 heteroatoms.